The van der Waals surface area contributed by atoms with Crippen LogP contribution in [-0.4, -0.2) is 34.6 Å². The molecule has 0 saturated carbocycles. The molecule has 2 N–H and O–H groups in total. The minimum atomic E-state index is -4.56. The molecule has 1 heterocycles. The Hall–Kier alpha value is -1.18. The van der Waals surface area contributed by atoms with E-state index < -0.39 is 12.0 Å². The zero-order chi connectivity index (χ0) is 14.7. The van der Waals surface area contributed by atoms with E-state index in [1.807, 2.05) is 20.1 Å². The van der Waals surface area contributed by atoms with Gasteiger partial charge in [-0.1, -0.05) is 0 Å². The van der Waals surface area contributed by atoms with Gasteiger partial charge in [0.05, 0.1) is 0 Å². The Labute approximate surface area is 114 Å². The molecule has 19 heavy (non-hydrogen) atoms. The second-order valence-corrected chi connectivity index (χ2v) is 6.04. The number of thioether (sulfide) groups is 1. The molecule has 0 aromatic carbocycles. The van der Waals surface area contributed by atoms with Gasteiger partial charge in [0.15, 0.2) is 0 Å². The van der Waals surface area contributed by atoms with Crippen LogP contribution in [0.15, 0.2) is 6.07 Å². The van der Waals surface area contributed by atoms with E-state index >= 15 is 0 Å². The minimum Gasteiger partial charge on any atom is -0.373 e. The summed E-state index contributed by atoms with van der Waals surface area (Å²) in [7, 11) is 1.51. The second kappa shape index (κ2) is 5.85. The lowest BCUT2D eigenvalue weighted by atomic mass is 10.2. The Bertz CT molecular complexity index is 434. The topological polar surface area (TPSA) is 49.8 Å². The molecule has 0 radical (unpaired) electrons. The first-order valence-corrected chi connectivity index (χ1v) is 6.83. The molecule has 0 fully saturated rings. The van der Waals surface area contributed by atoms with Crippen LogP contribution in [0.1, 0.15) is 19.7 Å². The molecule has 0 bridgehead atoms. The van der Waals surface area contributed by atoms with E-state index in [1.54, 1.807) is 11.8 Å². The van der Waals surface area contributed by atoms with E-state index in [-0.39, 0.29) is 16.4 Å². The number of alkyl halides is 3. The number of hydrogen-bond donors (Lipinski definition) is 2. The van der Waals surface area contributed by atoms with Crippen molar-refractivity contribution >= 4 is 23.4 Å². The van der Waals surface area contributed by atoms with Crippen molar-refractivity contribution in [1.82, 2.24) is 9.97 Å². The third-order valence-corrected chi connectivity index (χ3v) is 3.73. The van der Waals surface area contributed by atoms with E-state index in [0.717, 1.165) is 0 Å². The van der Waals surface area contributed by atoms with Crippen molar-refractivity contribution in [3.05, 3.63) is 11.9 Å². The largest absolute Gasteiger partial charge is 0.451 e. The van der Waals surface area contributed by atoms with Crippen molar-refractivity contribution in [3.8, 4) is 0 Å². The highest BCUT2D eigenvalue weighted by Crippen LogP contribution is 2.28. The van der Waals surface area contributed by atoms with E-state index in [2.05, 4.69) is 20.6 Å². The molecule has 0 atom stereocenters. The molecule has 8 heteroatoms. The first-order valence-electron chi connectivity index (χ1n) is 5.61. The number of nitrogens with one attached hydrogen (secondary N) is 2. The van der Waals surface area contributed by atoms with Crippen LogP contribution in [0.2, 0.25) is 0 Å². The summed E-state index contributed by atoms with van der Waals surface area (Å²) in [5.41, 5.74) is 0. The molecule has 0 aliphatic heterocycles. The standard InChI is InChI=1S/C11H17F3N4S/c1-10(2,19-4)6-16-8-5-7(15-3)17-9(18-8)11(12,13)14/h5H,6H2,1-4H3,(H2,15,16,17,18). The lowest BCUT2D eigenvalue weighted by Crippen LogP contribution is -2.26. The summed E-state index contributed by atoms with van der Waals surface area (Å²) >= 11 is 1.62. The lowest BCUT2D eigenvalue weighted by Gasteiger charge is -2.22. The quantitative estimate of drug-likeness (QED) is 0.874. The fourth-order valence-corrected chi connectivity index (χ4v) is 1.38. The highest BCUT2D eigenvalue weighted by Gasteiger charge is 2.35. The van der Waals surface area contributed by atoms with Gasteiger partial charge >= 0.3 is 6.18 Å². The summed E-state index contributed by atoms with van der Waals surface area (Å²) < 4.78 is 37.8. The smallest absolute Gasteiger partial charge is 0.373 e. The van der Waals surface area contributed by atoms with Crippen LogP contribution in [0.25, 0.3) is 0 Å². The normalized spacial score (nSPS) is 12.4. The van der Waals surface area contributed by atoms with Gasteiger partial charge in [-0.2, -0.15) is 24.9 Å². The summed E-state index contributed by atoms with van der Waals surface area (Å²) in [5.74, 6) is -0.857. The third kappa shape index (κ3) is 4.77. The van der Waals surface area contributed by atoms with Crippen molar-refractivity contribution in [1.29, 1.82) is 0 Å². The van der Waals surface area contributed by atoms with Crippen molar-refractivity contribution in [3.63, 3.8) is 0 Å². The maximum atomic E-state index is 12.6. The fraction of sp³-hybridized carbons (Fsp3) is 0.636. The van der Waals surface area contributed by atoms with E-state index in [9.17, 15) is 13.2 Å². The number of anilines is 2. The zero-order valence-corrected chi connectivity index (χ0v) is 12.0. The van der Waals surface area contributed by atoms with E-state index in [4.69, 9.17) is 0 Å². The van der Waals surface area contributed by atoms with Crippen molar-refractivity contribution in [2.45, 2.75) is 24.8 Å². The average molecular weight is 294 g/mol. The van der Waals surface area contributed by atoms with Crippen LogP contribution in [0.5, 0.6) is 0 Å². The Kier molecular flexibility index (Phi) is 4.89. The first-order chi connectivity index (χ1) is 8.68. The number of hydrogen-bond acceptors (Lipinski definition) is 5. The summed E-state index contributed by atoms with van der Waals surface area (Å²) in [6, 6.07) is 1.45. The van der Waals surface area contributed by atoms with Crippen LogP contribution in [0, 0.1) is 0 Å². The van der Waals surface area contributed by atoms with Crippen molar-refractivity contribution in [2.75, 3.05) is 30.5 Å². The number of rotatable bonds is 5. The highest BCUT2D eigenvalue weighted by atomic mass is 32.2. The Morgan fingerprint density at radius 2 is 1.79 bits per heavy atom. The lowest BCUT2D eigenvalue weighted by molar-refractivity contribution is -0.144. The van der Waals surface area contributed by atoms with Gasteiger partial charge in [-0.3, -0.25) is 0 Å². The van der Waals surface area contributed by atoms with Crippen LogP contribution in [0.4, 0.5) is 24.8 Å². The van der Waals surface area contributed by atoms with Crippen LogP contribution >= 0.6 is 11.8 Å². The summed E-state index contributed by atoms with van der Waals surface area (Å²) in [6.45, 7) is 4.50. The summed E-state index contributed by atoms with van der Waals surface area (Å²) in [5, 5.41) is 5.51. The van der Waals surface area contributed by atoms with Gasteiger partial charge in [-0.15, -0.1) is 0 Å². The summed E-state index contributed by atoms with van der Waals surface area (Å²) in [4.78, 5) is 6.89. The average Bonchev–Trinajstić information content (AvgIpc) is 2.35. The van der Waals surface area contributed by atoms with Crippen LogP contribution in [0.3, 0.4) is 0 Å². The second-order valence-electron chi connectivity index (χ2n) is 4.53. The molecular formula is C11H17F3N4S. The molecule has 0 amide bonds. The number of halogens is 3. The maximum absolute atomic E-state index is 12.6. The molecular weight excluding hydrogens is 277 g/mol. The molecule has 1 aromatic rings. The van der Waals surface area contributed by atoms with Gasteiger partial charge < -0.3 is 10.6 Å². The highest BCUT2D eigenvalue weighted by molar-refractivity contribution is 7.99. The Morgan fingerprint density at radius 3 is 2.26 bits per heavy atom. The predicted octanol–water partition coefficient (Wildman–Crippen LogP) is 3.09. The minimum absolute atomic E-state index is 0.0941. The zero-order valence-electron chi connectivity index (χ0n) is 11.2. The van der Waals surface area contributed by atoms with E-state index in [1.165, 1.54) is 13.1 Å². The molecule has 0 unspecified atom stereocenters. The monoisotopic (exact) mass is 294 g/mol. The van der Waals surface area contributed by atoms with Gasteiger partial charge in [0.25, 0.3) is 0 Å². The molecule has 4 nitrogen and oxygen atoms in total. The number of nitrogens with zero attached hydrogens (tertiary/aromatic N) is 2. The maximum Gasteiger partial charge on any atom is 0.451 e. The third-order valence-electron chi connectivity index (χ3n) is 2.48. The fourth-order valence-electron chi connectivity index (χ4n) is 1.17. The molecule has 0 aliphatic rings. The van der Waals surface area contributed by atoms with Crippen LogP contribution < -0.4 is 10.6 Å². The van der Waals surface area contributed by atoms with Gasteiger partial charge in [-0.05, 0) is 20.1 Å². The van der Waals surface area contributed by atoms with Gasteiger partial charge in [0, 0.05) is 24.4 Å². The first kappa shape index (κ1) is 15.9. The summed E-state index contributed by atoms with van der Waals surface area (Å²) in [6.07, 6.45) is -2.61. The SMILES string of the molecule is CNc1cc(NCC(C)(C)SC)nc(C(F)(F)F)n1. The van der Waals surface area contributed by atoms with Gasteiger partial charge in [0.2, 0.25) is 5.82 Å². The van der Waals surface area contributed by atoms with Crippen molar-refractivity contribution in [2.24, 2.45) is 0 Å². The Morgan fingerprint density at radius 1 is 1.21 bits per heavy atom. The van der Waals surface area contributed by atoms with E-state index in [0.29, 0.717) is 6.54 Å². The predicted molar refractivity (Wildman–Crippen MR) is 72.7 cm³/mol. The van der Waals surface area contributed by atoms with Crippen LogP contribution in [-0.2, 0) is 6.18 Å². The number of aromatic nitrogens is 2. The van der Waals surface area contributed by atoms with Gasteiger partial charge in [-0.25, -0.2) is 9.97 Å². The molecule has 0 aliphatic carbocycles. The molecule has 1 aromatic heterocycles. The molecule has 108 valence electrons. The van der Waals surface area contributed by atoms with Gasteiger partial charge in [0.1, 0.15) is 11.6 Å². The molecule has 0 spiro atoms. The van der Waals surface area contributed by atoms with Crippen molar-refractivity contribution < 1.29 is 13.2 Å². The molecule has 1 rings (SSSR count). The Balaban J connectivity index is 2.95. The molecule has 0 saturated heterocycles.